The first-order valence-electron chi connectivity index (χ1n) is 7.20. The highest BCUT2D eigenvalue weighted by Crippen LogP contribution is 2.15. The molecule has 1 atom stereocenters. The summed E-state index contributed by atoms with van der Waals surface area (Å²) in [4.78, 5) is 15.6. The Balaban J connectivity index is 1.67. The van der Waals surface area contributed by atoms with E-state index in [2.05, 4.69) is 9.80 Å². The van der Waals surface area contributed by atoms with Crippen molar-refractivity contribution in [1.82, 2.24) is 9.80 Å². The molecule has 1 saturated heterocycles. The van der Waals surface area contributed by atoms with Gasteiger partial charge in [-0.25, -0.2) is 0 Å². The molecule has 0 aliphatic carbocycles. The summed E-state index contributed by atoms with van der Waals surface area (Å²) in [5, 5.41) is 0.710. The Labute approximate surface area is 130 Å². The predicted octanol–water partition coefficient (Wildman–Crippen LogP) is 1.21. The Kier molecular flexibility index (Phi) is 5.85. The van der Waals surface area contributed by atoms with Crippen LogP contribution in [0, 0.1) is 0 Å². The maximum atomic E-state index is 11.2. The summed E-state index contributed by atoms with van der Waals surface area (Å²) in [7, 11) is 0. The number of ether oxygens (including phenoxy) is 1. The number of hydrogen-bond acceptors (Lipinski definition) is 4. The third-order valence-corrected chi connectivity index (χ3v) is 4.11. The molecule has 1 aliphatic heterocycles. The van der Waals surface area contributed by atoms with Crippen molar-refractivity contribution in [1.29, 1.82) is 0 Å². The number of carbonyl (C=O) groups is 1. The number of nitrogens with zero attached hydrogens (tertiary/aromatic N) is 2. The van der Waals surface area contributed by atoms with Gasteiger partial charge in [0, 0.05) is 37.7 Å². The highest BCUT2D eigenvalue weighted by molar-refractivity contribution is 6.30. The van der Waals surface area contributed by atoms with Crippen molar-refractivity contribution >= 4 is 17.5 Å². The molecule has 1 heterocycles. The van der Waals surface area contributed by atoms with E-state index in [0.29, 0.717) is 11.6 Å². The number of benzene rings is 1. The summed E-state index contributed by atoms with van der Waals surface area (Å²) in [6.45, 7) is 6.98. The molecule has 1 aliphatic rings. The topological polar surface area (TPSA) is 58.8 Å². The highest BCUT2D eigenvalue weighted by atomic mass is 35.5. The van der Waals surface area contributed by atoms with Crippen molar-refractivity contribution < 1.29 is 9.53 Å². The van der Waals surface area contributed by atoms with Crippen LogP contribution in [-0.4, -0.2) is 61.1 Å². The molecule has 6 heteroatoms. The molecule has 21 heavy (non-hydrogen) atoms. The van der Waals surface area contributed by atoms with Crippen LogP contribution in [0.2, 0.25) is 5.02 Å². The SMILES string of the molecule is CC(C(N)=O)N1CCN(CCOc2ccc(Cl)cc2)CC1. The van der Waals surface area contributed by atoms with Crippen molar-refractivity contribution in [2.45, 2.75) is 13.0 Å². The molecule has 0 bridgehead atoms. The summed E-state index contributed by atoms with van der Waals surface area (Å²) in [6, 6.07) is 7.20. The van der Waals surface area contributed by atoms with E-state index in [4.69, 9.17) is 22.1 Å². The zero-order valence-corrected chi connectivity index (χ0v) is 13.1. The van der Waals surface area contributed by atoms with Gasteiger partial charge in [0.2, 0.25) is 5.91 Å². The number of hydrogen-bond donors (Lipinski definition) is 1. The van der Waals surface area contributed by atoms with E-state index in [1.807, 2.05) is 31.2 Å². The lowest BCUT2D eigenvalue weighted by atomic mass is 10.2. The first-order chi connectivity index (χ1) is 10.1. The van der Waals surface area contributed by atoms with Crippen LogP contribution < -0.4 is 10.5 Å². The van der Waals surface area contributed by atoms with Crippen molar-refractivity contribution in [3.63, 3.8) is 0 Å². The number of nitrogens with two attached hydrogens (primary N) is 1. The van der Waals surface area contributed by atoms with Gasteiger partial charge >= 0.3 is 0 Å². The minimum Gasteiger partial charge on any atom is -0.492 e. The molecule has 0 radical (unpaired) electrons. The molecule has 1 unspecified atom stereocenters. The van der Waals surface area contributed by atoms with Crippen LogP contribution in [0.15, 0.2) is 24.3 Å². The minimum atomic E-state index is -0.255. The lowest BCUT2D eigenvalue weighted by molar-refractivity contribution is -0.123. The van der Waals surface area contributed by atoms with Gasteiger partial charge in [-0.2, -0.15) is 0 Å². The molecule has 0 spiro atoms. The maximum Gasteiger partial charge on any atom is 0.234 e. The van der Waals surface area contributed by atoms with E-state index in [-0.39, 0.29) is 11.9 Å². The lowest BCUT2D eigenvalue weighted by Crippen LogP contribution is -2.53. The van der Waals surface area contributed by atoms with Gasteiger partial charge in [0.25, 0.3) is 0 Å². The lowest BCUT2D eigenvalue weighted by Gasteiger charge is -2.36. The third-order valence-electron chi connectivity index (χ3n) is 3.86. The third kappa shape index (κ3) is 4.88. The fourth-order valence-corrected chi connectivity index (χ4v) is 2.50. The van der Waals surface area contributed by atoms with Gasteiger partial charge in [-0.3, -0.25) is 14.6 Å². The van der Waals surface area contributed by atoms with E-state index >= 15 is 0 Å². The molecule has 1 fully saturated rings. The molecule has 2 N–H and O–H groups in total. The van der Waals surface area contributed by atoms with Gasteiger partial charge in [0.05, 0.1) is 6.04 Å². The van der Waals surface area contributed by atoms with Crippen LogP contribution in [0.4, 0.5) is 0 Å². The molecule has 116 valence electrons. The molecular weight excluding hydrogens is 290 g/mol. The van der Waals surface area contributed by atoms with Crippen molar-refractivity contribution in [3.05, 3.63) is 29.3 Å². The largest absolute Gasteiger partial charge is 0.492 e. The second-order valence-electron chi connectivity index (χ2n) is 5.26. The van der Waals surface area contributed by atoms with Crippen LogP contribution in [0.3, 0.4) is 0 Å². The molecular formula is C15H22ClN3O2. The summed E-state index contributed by atoms with van der Waals surface area (Å²) >= 11 is 5.83. The van der Waals surface area contributed by atoms with E-state index in [1.165, 1.54) is 0 Å². The van der Waals surface area contributed by atoms with Crippen molar-refractivity contribution in [2.24, 2.45) is 5.73 Å². The fraction of sp³-hybridized carbons (Fsp3) is 0.533. The van der Waals surface area contributed by atoms with E-state index < -0.39 is 0 Å². The standard InChI is InChI=1S/C15H22ClN3O2/c1-12(15(17)20)19-8-6-18(7-9-19)10-11-21-14-4-2-13(16)3-5-14/h2-5,12H,6-11H2,1H3,(H2,17,20). The monoisotopic (exact) mass is 311 g/mol. The van der Waals surface area contributed by atoms with E-state index in [9.17, 15) is 4.79 Å². The zero-order valence-electron chi connectivity index (χ0n) is 12.3. The number of primary amides is 1. The average Bonchev–Trinajstić information content (AvgIpc) is 2.49. The fourth-order valence-electron chi connectivity index (χ4n) is 2.38. The van der Waals surface area contributed by atoms with Gasteiger partial charge in [0.1, 0.15) is 12.4 Å². The minimum absolute atomic E-state index is 0.183. The quantitative estimate of drug-likeness (QED) is 0.858. The van der Waals surface area contributed by atoms with Gasteiger partial charge < -0.3 is 10.5 Å². The van der Waals surface area contributed by atoms with E-state index in [1.54, 1.807) is 0 Å². The van der Waals surface area contributed by atoms with Crippen LogP contribution in [0.1, 0.15) is 6.92 Å². The van der Waals surface area contributed by atoms with Crippen LogP contribution >= 0.6 is 11.6 Å². The van der Waals surface area contributed by atoms with Gasteiger partial charge in [-0.15, -0.1) is 0 Å². The number of rotatable bonds is 6. The average molecular weight is 312 g/mol. The first-order valence-corrected chi connectivity index (χ1v) is 7.58. The summed E-state index contributed by atoms with van der Waals surface area (Å²) in [5.41, 5.74) is 5.33. The van der Waals surface area contributed by atoms with Crippen LogP contribution in [0.5, 0.6) is 5.75 Å². The molecule has 0 aromatic heterocycles. The van der Waals surface area contributed by atoms with Crippen LogP contribution in [0.25, 0.3) is 0 Å². The maximum absolute atomic E-state index is 11.2. The highest BCUT2D eigenvalue weighted by Gasteiger charge is 2.23. The zero-order chi connectivity index (χ0) is 15.2. The normalized spacial score (nSPS) is 18.4. The van der Waals surface area contributed by atoms with Gasteiger partial charge in [-0.05, 0) is 31.2 Å². The molecule has 1 amide bonds. The summed E-state index contributed by atoms with van der Waals surface area (Å²) < 4.78 is 5.69. The second kappa shape index (κ2) is 7.64. The van der Waals surface area contributed by atoms with Crippen molar-refractivity contribution in [3.8, 4) is 5.75 Å². The number of carbonyl (C=O) groups excluding carboxylic acids is 1. The Morgan fingerprint density at radius 2 is 1.90 bits per heavy atom. The van der Waals surface area contributed by atoms with Gasteiger partial charge in [-0.1, -0.05) is 11.6 Å². The second-order valence-corrected chi connectivity index (χ2v) is 5.69. The van der Waals surface area contributed by atoms with E-state index in [0.717, 1.165) is 38.5 Å². The molecule has 1 aromatic rings. The molecule has 0 saturated carbocycles. The van der Waals surface area contributed by atoms with Crippen molar-refractivity contribution in [2.75, 3.05) is 39.3 Å². The summed E-state index contributed by atoms with van der Waals surface area (Å²) in [5.74, 6) is 0.579. The number of amides is 1. The number of piperazine rings is 1. The number of halogens is 1. The Morgan fingerprint density at radius 3 is 2.48 bits per heavy atom. The van der Waals surface area contributed by atoms with Gasteiger partial charge in [0.15, 0.2) is 0 Å². The summed E-state index contributed by atoms with van der Waals surface area (Å²) in [6.07, 6.45) is 0. The first kappa shape index (κ1) is 16.1. The molecule has 1 aromatic carbocycles. The molecule has 2 rings (SSSR count). The van der Waals surface area contributed by atoms with Crippen LogP contribution in [-0.2, 0) is 4.79 Å². The Morgan fingerprint density at radius 1 is 1.29 bits per heavy atom. The Bertz CT molecular complexity index is 458. The smallest absolute Gasteiger partial charge is 0.234 e. The Hall–Kier alpha value is -1.30. The molecule has 5 nitrogen and oxygen atoms in total. The predicted molar refractivity (Wildman–Crippen MR) is 83.6 cm³/mol.